The summed E-state index contributed by atoms with van der Waals surface area (Å²) in [4.78, 5) is 44.9. The molecule has 0 fully saturated rings. The fourth-order valence-corrected chi connectivity index (χ4v) is 2.24. The third-order valence-electron chi connectivity index (χ3n) is 2.65. The molecule has 0 bridgehead atoms. The number of nitrogens with one attached hydrogen (secondary N) is 3. The van der Waals surface area contributed by atoms with Crippen LogP contribution in [0.3, 0.4) is 0 Å². The van der Waals surface area contributed by atoms with Crippen molar-refractivity contribution in [2.24, 2.45) is 0 Å². The van der Waals surface area contributed by atoms with Crippen LogP contribution in [0.5, 0.6) is 0 Å². The van der Waals surface area contributed by atoms with Gasteiger partial charge in [-0.2, -0.15) is 11.8 Å². The average Bonchev–Trinajstić information content (AvgIpc) is 2.41. The molecule has 0 heterocycles. The summed E-state index contributed by atoms with van der Waals surface area (Å²) in [5.41, 5.74) is 0. The van der Waals surface area contributed by atoms with Crippen LogP contribution in [0.15, 0.2) is 0 Å². The highest BCUT2D eigenvalue weighted by Gasteiger charge is 2.20. The molecule has 3 amide bonds. The number of carbonyl (C=O) groups is 4. The van der Waals surface area contributed by atoms with E-state index in [0.717, 1.165) is 0 Å². The van der Waals surface area contributed by atoms with Crippen molar-refractivity contribution < 1.29 is 24.3 Å². The van der Waals surface area contributed by atoms with Crippen molar-refractivity contribution in [1.29, 1.82) is 0 Å². The molecule has 2 unspecified atom stereocenters. The first-order valence-electron chi connectivity index (χ1n) is 6.81. The molecule has 0 spiro atoms. The van der Waals surface area contributed by atoms with Gasteiger partial charge in [-0.25, -0.2) is 0 Å². The molecule has 0 radical (unpaired) electrons. The molecule has 126 valence electrons. The molecule has 0 aromatic heterocycles. The van der Waals surface area contributed by atoms with Crippen LogP contribution >= 0.6 is 11.8 Å². The van der Waals surface area contributed by atoms with Gasteiger partial charge in [-0.3, -0.25) is 19.2 Å². The lowest BCUT2D eigenvalue weighted by molar-refractivity contribution is -0.138. The monoisotopic (exact) mass is 333 g/mol. The maximum Gasteiger partial charge on any atom is 0.322 e. The second-order valence-electron chi connectivity index (χ2n) is 4.83. The Morgan fingerprint density at radius 2 is 1.82 bits per heavy atom. The molecule has 0 aromatic rings. The number of aliphatic carboxylic acids is 1. The molecule has 22 heavy (non-hydrogen) atoms. The van der Waals surface area contributed by atoms with Crippen LogP contribution in [-0.4, -0.2) is 59.4 Å². The second kappa shape index (κ2) is 10.9. The quantitative estimate of drug-likeness (QED) is 0.421. The number of carbonyl (C=O) groups excluding carboxylic acids is 3. The molecule has 2 atom stereocenters. The minimum absolute atomic E-state index is 0.136. The molecular formula is C13H23N3O5S. The Morgan fingerprint density at radius 3 is 2.32 bits per heavy atom. The van der Waals surface area contributed by atoms with Gasteiger partial charge in [0.25, 0.3) is 0 Å². The Hall–Kier alpha value is -1.77. The number of hydrogen-bond acceptors (Lipinski definition) is 5. The molecule has 0 rings (SSSR count). The van der Waals surface area contributed by atoms with Gasteiger partial charge < -0.3 is 21.1 Å². The van der Waals surface area contributed by atoms with Crippen molar-refractivity contribution in [1.82, 2.24) is 16.0 Å². The third kappa shape index (κ3) is 10.0. The zero-order chi connectivity index (χ0) is 17.1. The zero-order valence-corrected chi connectivity index (χ0v) is 13.8. The Morgan fingerprint density at radius 1 is 1.18 bits per heavy atom. The van der Waals surface area contributed by atoms with E-state index in [4.69, 9.17) is 5.11 Å². The third-order valence-corrected chi connectivity index (χ3v) is 3.32. The topological polar surface area (TPSA) is 125 Å². The maximum atomic E-state index is 11.8. The number of thioether (sulfide) groups is 1. The van der Waals surface area contributed by atoms with Gasteiger partial charge in [0.15, 0.2) is 0 Å². The summed E-state index contributed by atoms with van der Waals surface area (Å²) in [7, 11) is 0. The van der Waals surface area contributed by atoms with E-state index in [1.165, 1.54) is 18.7 Å². The first kappa shape index (κ1) is 20.2. The molecule has 8 nitrogen and oxygen atoms in total. The normalized spacial score (nSPS) is 12.9. The minimum Gasteiger partial charge on any atom is -0.480 e. The van der Waals surface area contributed by atoms with E-state index in [1.54, 1.807) is 13.2 Å². The van der Waals surface area contributed by atoms with Crippen LogP contribution in [0, 0.1) is 0 Å². The highest BCUT2D eigenvalue weighted by Crippen LogP contribution is 2.01. The number of carboxylic acid groups (broad SMARTS) is 1. The smallest absolute Gasteiger partial charge is 0.322 e. The summed E-state index contributed by atoms with van der Waals surface area (Å²) in [6.07, 6.45) is 2.40. The molecule has 0 aromatic carbocycles. The zero-order valence-electron chi connectivity index (χ0n) is 13.0. The highest BCUT2D eigenvalue weighted by atomic mass is 32.2. The lowest BCUT2D eigenvalue weighted by Gasteiger charge is -2.18. The molecule has 9 heteroatoms. The first-order valence-corrected chi connectivity index (χ1v) is 8.20. The van der Waals surface area contributed by atoms with E-state index < -0.39 is 24.5 Å². The van der Waals surface area contributed by atoms with Gasteiger partial charge in [0, 0.05) is 25.1 Å². The van der Waals surface area contributed by atoms with Crippen LogP contribution in [-0.2, 0) is 19.2 Å². The first-order chi connectivity index (χ1) is 10.3. The number of hydrogen-bond donors (Lipinski definition) is 4. The van der Waals surface area contributed by atoms with Crippen molar-refractivity contribution in [3.63, 3.8) is 0 Å². The van der Waals surface area contributed by atoms with Gasteiger partial charge >= 0.3 is 5.97 Å². The molecule has 0 aliphatic carbocycles. The van der Waals surface area contributed by atoms with E-state index in [9.17, 15) is 19.2 Å². The van der Waals surface area contributed by atoms with Gasteiger partial charge in [-0.05, 0) is 19.6 Å². The Bertz CT molecular complexity index is 416. The average molecular weight is 333 g/mol. The standard InChI is InChI=1S/C13H23N3O5S/c1-8(15-9(2)17)4-5-11(18)16-10(7-22-3)13(21)14-6-12(19)20/h8,10H,4-7H2,1-3H3,(H,14,21)(H,15,17)(H,16,18)(H,19,20). The van der Waals surface area contributed by atoms with Crippen molar-refractivity contribution in [2.75, 3.05) is 18.6 Å². The fourth-order valence-electron chi connectivity index (χ4n) is 1.67. The number of rotatable bonds is 10. The van der Waals surface area contributed by atoms with Crippen molar-refractivity contribution in [3.8, 4) is 0 Å². The van der Waals surface area contributed by atoms with E-state index >= 15 is 0 Å². The highest BCUT2D eigenvalue weighted by molar-refractivity contribution is 7.98. The van der Waals surface area contributed by atoms with Crippen LogP contribution in [0.4, 0.5) is 0 Å². The molecule has 0 saturated heterocycles. The minimum atomic E-state index is -1.15. The van der Waals surface area contributed by atoms with Gasteiger partial charge in [0.05, 0.1) is 0 Å². The fraction of sp³-hybridized carbons (Fsp3) is 0.692. The molecular weight excluding hydrogens is 310 g/mol. The SMILES string of the molecule is CSCC(NC(=O)CCC(C)NC(C)=O)C(=O)NCC(=O)O. The number of amides is 3. The van der Waals surface area contributed by atoms with Crippen molar-refractivity contribution in [2.45, 2.75) is 38.8 Å². The van der Waals surface area contributed by atoms with Gasteiger partial charge in [0.2, 0.25) is 17.7 Å². The van der Waals surface area contributed by atoms with Gasteiger partial charge in [-0.15, -0.1) is 0 Å². The Labute approximate surface area is 133 Å². The van der Waals surface area contributed by atoms with Gasteiger partial charge in [0.1, 0.15) is 12.6 Å². The summed E-state index contributed by atoms with van der Waals surface area (Å²) in [5.74, 6) is -1.81. The van der Waals surface area contributed by atoms with Crippen molar-refractivity contribution in [3.05, 3.63) is 0 Å². The molecule has 4 N–H and O–H groups in total. The molecule has 0 saturated carbocycles. The molecule has 0 aliphatic heterocycles. The Balaban J connectivity index is 4.30. The van der Waals surface area contributed by atoms with Crippen LogP contribution in [0.1, 0.15) is 26.7 Å². The van der Waals surface area contributed by atoms with Crippen LogP contribution < -0.4 is 16.0 Å². The Kier molecular flexibility index (Phi) is 10.0. The number of carboxylic acids is 1. The van der Waals surface area contributed by atoms with E-state index in [-0.39, 0.29) is 24.3 Å². The van der Waals surface area contributed by atoms with E-state index in [1.807, 2.05) is 0 Å². The largest absolute Gasteiger partial charge is 0.480 e. The lowest BCUT2D eigenvalue weighted by Crippen LogP contribution is -2.49. The van der Waals surface area contributed by atoms with Crippen molar-refractivity contribution >= 4 is 35.5 Å². The lowest BCUT2D eigenvalue weighted by atomic mass is 10.1. The predicted octanol–water partition coefficient (Wildman–Crippen LogP) is -0.660. The van der Waals surface area contributed by atoms with Crippen LogP contribution in [0.25, 0.3) is 0 Å². The van der Waals surface area contributed by atoms with E-state index in [2.05, 4.69) is 16.0 Å². The predicted molar refractivity (Wildman–Crippen MR) is 83.5 cm³/mol. The maximum absolute atomic E-state index is 11.8. The summed E-state index contributed by atoms with van der Waals surface area (Å²) < 4.78 is 0. The van der Waals surface area contributed by atoms with E-state index in [0.29, 0.717) is 12.2 Å². The molecule has 0 aliphatic rings. The van der Waals surface area contributed by atoms with Gasteiger partial charge in [-0.1, -0.05) is 0 Å². The summed E-state index contributed by atoms with van der Waals surface area (Å²) >= 11 is 1.37. The summed E-state index contributed by atoms with van der Waals surface area (Å²) in [6, 6.07) is -0.916. The summed E-state index contributed by atoms with van der Waals surface area (Å²) in [6.45, 7) is 2.70. The summed E-state index contributed by atoms with van der Waals surface area (Å²) in [5, 5.41) is 16.0. The second-order valence-corrected chi connectivity index (χ2v) is 5.74. The van der Waals surface area contributed by atoms with Crippen LogP contribution in [0.2, 0.25) is 0 Å².